The normalized spacial score (nSPS) is 11.9. The minimum atomic E-state index is -0.272. The molecule has 0 saturated heterocycles. The fourth-order valence-corrected chi connectivity index (χ4v) is 3.84. The lowest BCUT2D eigenvalue weighted by Crippen LogP contribution is -2.25. The number of hydrogen-bond acceptors (Lipinski definition) is 5. The van der Waals surface area contributed by atoms with Crippen LogP contribution in [0, 0.1) is 6.92 Å². The summed E-state index contributed by atoms with van der Waals surface area (Å²) in [5.41, 5.74) is 1.84. The van der Waals surface area contributed by atoms with E-state index in [1.165, 1.54) is 11.8 Å². The van der Waals surface area contributed by atoms with Crippen LogP contribution in [-0.4, -0.2) is 25.9 Å². The average molecular weight is 475 g/mol. The molecule has 2 aromatic carbocycles. The zero-order valence-corrected chi connectivity index (χ0v) is 19.0. The highest BCUT2D eigenvalue weighted by Crippen LogP contribution is 2.26. The maximum atomic E-state index is 12.7. The molecule has 29 heavy (non-hydrogen) atoms. The van der Waals surface area contributed by atoms with E-state index in [9.17, 15) is 4.79 Å². The van der Waals surface area contributed by atoms with Crippen molar-refractivity contribution in [3.63, 3.8) is 0 Å². The average Bonchev–Trinajstić information content (AvgIpc) is 3.06. The summed E-state index contributed by atoms with van der Waals surface area (Å²) in [6, 6.07) is 15.4. The number of ether oxygens (including phenoxy) is 1. The first kappa shape index (κ1) is 21.4. The molecule has 0 bridgehead atoms. The molecule has 0 spiro atoms. The number of amides is 1. The van der Waals surface area contributed by atoms with Gasteiger partial charge in [0, 0.05) is 17.2 Å². The number of halogens is 1. The van der Waals surface area contributed by atoms with E-state index in [-0.39, 0.29) is 11.2 Å². The molecule has 6 nitrogen and oxygen atoms in total. The predicted octanol–water partition coefficient (Wildman–Crippen LogP) is 4.97. The number of aromatic nitrogens is 3. The van der Waals surface area contributed by atoms with Crippen LogP contribution in [0.3, 0.4) is 0 Å². The summed E-state index contributed by atoms with van der Waals surface area (Å²) in [5.74, 6) is 1.48. The third-order valence-corrected chi connectivity index (χ3v) is 6.33. The van der Waals surface area contributed by atoms with Gasteiger partial charge in [-0.05, 0) is 49.2 Å². The van der Waals surface area contributed by atoms with E-state index < -0.39 is 0 Å². The fraction of sp³-hybridized carbons (Fsp3) is 0.286. The number of carbonyl (C=O) groups is 1. The molecule has 1 heterocycles. The zero-order valence-electron chi connectivity index (χ0n) is 16.6. The molecule has 0 aliphatic rings. The van der Waals surface area contributed by atoms with Gasteiger partial charge in [-0.1, -0.05) is 52.8 Å². The standard InChI is InChI=1S/C21H23BrN4O2S/c1-4-18(20(27)23-16-11-9-15(22)10-12-16)29-21-25-24-19(26(21)3)13-28-17-8-6-5-7-14(17)2/h5-12,18H,4,13H2,1-3H3,(H,23,27)/t18-/m1/s1. The Morgan fingerprint density at radius 2 is 1.93 bits per heavy atom. The minimum absolute atomic E-state index is 0.0551. The van der Waals surface area contributed by atoms with E-state index in [1.807, 2.05) is 74.0 Å². The molecule has 0 fully saturated rings. The summed E-state index contributed by atoms with van der Waals surface area (Å²) in [6.07, 6.45) is 0.676. The summed E-state index contributed by atoms with van der Waals surface area (Å²) in [4.78, 5) is 12.7. The van der Waals surface area contributed by atoms with Gasteiger partial charge in [0.25, 0.3) is 0 Å². The van der Waals surface area contributed by atoms with Gasteiger partial charge in [-0.2, -0.15) is 0 Å². The van der Waals surface area contributed by atoms with E-state index in [1.54, 1.807) is 0 Å². The van der Waals surface area contributed by atoms with Crippen molar-refractivity contribution in [2.24, 2.45) is 7.05 Å². The SMILES string of the molecule is CC[C@@H](Sc1nnc(COc2ccccc2C)n1C)C(=O)Nc1ccc(Br)cc1. The Hall–Kier alpha value is -2.32. The lowest BCUT2D eigenvalue weighted by atomic mass is 10.2. The van der Waals surface area contributed by atoms with E-state index in [4.69, 9.17) is 4.74 Å². The summed E-state index contributed by atoms with van der Waals surface area (Å²) in [6.45, 7) is 4.30. The van der Waals surface area contributed by atoms with Crippen molar-refractivity contribution in [2.45, 2.75) is 37.3 Å². The van der Waals surface area contributed by atoms with Crippen LogP contribution in [0.25, 0.3) is 0 Å². The van der Waals surface area contributed by atoms with E-state index in [0.29, 0.717) is 24.0 Å². The van der Waals surface area contributed by atoms with Gasteiger partial charge in [0.15, 0.2) is 11.0 Å². The van der Waals surface area contributed by atoms with Crippen molar-refractivity contribution in [3.05, 3.63) is 64.4 Å². The number of aryl methyl sites for hydroxylation is 1. The molecule has 8 heteroatoms. The number of rotatable bonds is 8. The smallest absolute Gasteiger partial charge is 0.237 e. The third-order valence-electron chi connectivity index (χ3n) is 4.40. The number of para-hydroxylation sites is 1. The quantitative estimate of drug-likeness (QED) is 0.466. The van der Waals surface area contributed by atoms with Gasteiger partial charge >= 0.3 is 0 Å². The Morgan fingerprint density at radius 1 is 1.21 bits per heavy atom. The van der Waals surface area contributed by atoms with Crippen LogP contribution in [0.5, 0.6) is 5.75 Å². The number of thioether (sulfide) groups is 1. The topological polar surface area (TPSA) is 69.0 Å². The first-order valence-electron chi connectivity index (χ1n) is 9.27. The van der Waals surface area contributed by atoms with Crippen LogP contribution in [0.2, 0.25) is 0 Å². The second-order valence-electron chi connectivity index (χ2n) is 6.52. The van der Waals surface area contributed by atoms with E-state index in [0.717, 1.165) is 21.5 Å². The molecule has 1 aromatic heterocycles. The van der Waals surface area contributed by atoms with Crippen molar-refractivity contribution < 1.29 is 9.53 Å². The molecule has 0 radical (unpaired) electrons. The molecule has 3 rings (SSSR count). The summed E-state index contributed by atoms with van der Waals surface area (Å²) in [5, 5.41) is 11.9. The Kier molecular flexibility index (Phi) is 7.33. The predicted molar refractivity (Wildman–Crippen MR) is 119 cm³/mol. The van der Waals surface area contributed by atoms with Crippen molar-refractivity contribution in [3.8, 4) is 5.75 Å². The number of nitrogens with zero attached hydrogens (tertiary/aromatic N) is 3. The number of hydrogen-bond donors (Lipinski definition) is 1. The first-order chi connectivity index (χ1) is 14.0. The lowest BCUT2D eigenvalue weighted by molar-refractivity contribution is -0.115. The zero-order chi connectivity index (χ0) is 20.8. The highest BCUT2D eigenvalue weighted by atomic mass is 79.9. The molecule has 1 amide bonds. The van der Waals surface area contributed by atoms with Crippen LogP contribution in [0.1, 0.15) is 24.7 Å². The van der Waals surface area contributed by atoms with Crippen molar-refractivity contribution in [1.29, 1.82) is 0 Å². The third kappa shape index (κ3) is 5.61. The molecule has 152 valence electrons. The Labute approximate surface area is 183 Å². The monoisotopic (exact) mass is 474 g/mol. The lowest BCUT2D eigenvalue weighted by Gasteiger charge is -2.14. The minimum Gasteiger partial charge on any atom is -0.485 e. The van der Waals surface area contributed by atoms with Gasteiger partial charge in [-0.3, -0.25) is 4.79 Å². The van der Waals surface area contributed by atoms with Gasteiger partial charge in [0.05, 0.1) is 5.25 Å². The highest BCUT2D eigenvalue weighted by Gasteiger charge is 2.22. The van der Waals surface area contributed by atoms with Crippen LogP contribution in [-0.2, 0) is 18.4 Å². The van der Waals surface area contributed by atoms with Crippen LogP contribution >= 0.6 is 27.7 Å². The van der Waals surface area contributed by atoms with Gasteiger partial charge in [-0.25, -0.2) is 0 Å². The van der Waals surface area contributed by atoms with Crippen molar-refractivity contribution in [2.75, 3.05) is 5.32 Å². The second-order valence-corrected chi connectivity index (χ2v) is 8.61. The fourth-order valence-electron chi connectivity index (χ4n) is 2.64. The molecular weight excluding hydrogens is 452 g/mol. The molecular formula is C21H23BrN4O2S. The maximum Gasteiger partial charge on any atom is 0.237 e. The molecule has 3 aromatic rings. The highest BCUT2D eigenvalue weighted by molar-refractivity contribution is 9.10. The number of anilines is 1. The second kappa shape index (κ2) is 9.93. The number of benzene rings is 2. The largest absolute Gasteiger partial charge is 0.485 e. The van der Waals surface area contributed by atoms with Gasteiger partial charge in [-0.15, -0.1) is 10.2 Å². The Morgan fingerprint density at radius 3 is 2.62 bits per heavy atom. The van der Waals surface area contributed by atoms with Crippen molar-refractivity contribution in [1.82, 2.24) is 14.8 Å². The first-order valence-corrected chi connectivity index (χ1v) is 10.9. The van der Waals surface area contributed by atoms with Crippen molar-refractivity contribution >= 4 is 39.3 Å². The number of nitrogens with one attached hydrogen (secondary N) is 1. The van der Waals surface area contributed by atoms with Crippen LogP contribution < -0.4 is 10.1 Å². The molecule has 0 aliphatic carbocycles. The summed E-state index contributed by atoms with van der Waals surface area (Å²) >= 11 is 4.80. The van der Waals surface area contributed by atoms with E-state index >= 15 is 0 Å². The summed E-state index contributed by atoms with van der Waals surface area (Å²) < 4.78 is 8.71. The van der Waals surface area contributed by atoms with Gasteiger partial charge in [0.1, 0.15) is 12.4 Å². The van der Waals surface area contributed by atoms with Crippen LogP contribution in [0.15, 0.2) is 58.2 Å². The van der Waals surface area contributed by atoms with Gasteiger partial charge in [0.2, 0.25) is 5.91 Å². The Balaban J connectivity index is 1.63. The van der Waals surface area contributed by atoms with Crippen LogP contribution in [0.4, 0.5) is 5.69 Å². The maximum absolute atomic E-state index is 12.7. The molecule has 1 N–H and O–H groups in total. The summed E-state index contributed by atoms with van der Waals surface area (Å²) in [7, 11) is 1.89. The number of carbonyl (C=O) groups excluding carboxylic acids is 1. The molecule has 0 unspecified atom stereocenters. The molecule has 0 aliphatic heterocycles. The molecule has 1 atom stereocenters. The molecule has 0 saturated carbocycles. The van der Waals surface area contributed by atoms with Gasteiger partial charge < -0.3 is 14.6 Å². The Bertz CT molecular complexity index is 975. The van der Waals surface area contributed by atoms with E-state index in [2.05, 4.69) is 31.4 Å².